The molecule has 0 aromatic heterocycles. The van der Waals surface area contributed by atoms with Gasteiger partial charge in [0.15, 0.2) is 5.78 Å². The molecular weight excluding hydrogens is 236 g/mol. The zero-order valence-corrected chi connectivity index (χ0v) is 11.1. The average molecular weight is 254 g/mol. The Morgan fingerprint density at radius 2 is 2.00 bits per heavy atom. The van der Waals surface area contributed by atoms with Crippen LogP contribution in [0.2, 0.25) is 0 Å². The van der Waals surface area contributed by atoms with Gasteiger partial charge in [0.2, 0.25) is 0 Å². The predicted octanol–water partition coefficient (Wildman–Crippen LogP) is 4.22. The van der Waals surface area contributed by atoms with Crippen molar-refractivity contribution in [2.45, 2.75) is 19.8 Å². The zero-order valence-electron chi connectivity index (χ0n) is 11.1. The second-order valence-corrected chi connectivity index (χ2v) is 4.83. The van der Waals surface area contributed by atoms with Crippen LogP contribution in [0.5, 0.6) is 0 Å². The zero-order chi connectivity index (χ0) is 13.8. The summed E-state index contributed by atoms with van der Waals surface area (Å²) in [4.78, 5) is 12.3. The number of ketones is 1. The summed E-state index contributed by atoms with van der Waals surface area (Å²) in [7, 11) is 0. The van der Waals surface area contributed by atoms with Gasteiger partial charge in [0, 0.05) is 17.1 Å². The first kappa shape index (κ1) is 13.3. The van der Waals surface area contributed by atoms with E-state index in [1.807, 2.05) is 49.4 Å². The summed E-state index contributed by atoms with van der Waals surface area (Å²) in [5.41, 5.74) is 2.47. The minimum absolute atomic E-state index is 0.0357. The Morgan fingerprint density at radius 3 is 2.63 bits per heavy atom. The molecule has 98 valence electrons. The summed E-state index contributed by atoms with van der Waals surface area (Å²) in [5, 5.41) is 9.48. The minimum atomic E-state index is -0.0905. The van der Waals surface area contributed by atoms with Crippen LogP contribution < -0.4 is 0 Å². The average Bonchev–Trinajstić information content (AvgIpc) is 2.46. The lowest BCUT2D eigenvalue weighted by Gasteiger charge is -2.18. The summed E-state index contributed by atoms with van der Waals surface area (Å²) < 4.78 is 0. The van der Waals surface area contributed by atoms with Gasteiger partial charge in [-0.15, -0.1) is 0 Å². The third kappa shape index (κ3) is 3.02. The maximum Gasteiger partial charge on any atom is 0.192 e. The summed E-state index contributed by atoms with van der Waals surface area (Å²) in [6, 6.07) is 9.25. The highest BCUT2D eigenvalue weighted by Crippen LogP contribution is 2.28. The summed E-state index contributed by atoms with van der Waals surface area (Å²) >= 11 is 0. The van der Waals surface area contributed by atoms with Crippen molar-refractivity contribution in [1.82, 2.24) is 0 Å². The number of hydrogen-bond acceptors (Lipinski definition) is 2. The van der Waals surface area contributed by atoms with Crippen molar-refractivity contribution in [2.75, 3.05) is 0 Å². The molecular formula is C17H18O2. The molecule has 0 aliphatic heterocycles. The molecule has 1 aliphatic carbocycles. The lowest BCUT2D eigenvalue weighted by molar-refractivity contribution is 0.103. The number of carbonyl (C=O) groups is 1. The van der Waals surface area contributed by atoms with Crippen molar-refractivity contribution >= 4 is 5.78 Å². The van der Waals surface area contributed by atoms with Crippen LogP contribution in [0.4, 0.5) is 0 Å². The van der Waals surface area contributed by atoms with Gasteiger partial charge in [-0.05, 0) is 12.8 Å². The van der Waals surface area contributed by atoms with Crippen LogP contribution in [-0.2, 0) is 0 Å². The quantitative estimate of drug-likeness (QED) is 0.645. The second kappa shape index (κ2) is 5.70. The molecule has 1 aromatic carbocycles. The molecule has 0 spiro atoms. The predicted molar refractivity (Wildman–Crippen MR) is 77.1 cm³/mol. The Kier molecular flexibility index (Phi) is 4.00. The third-order valence-electron chi connectivity index (χ3n) is 3.49. The van der Waals surface area contributed by atoms with Gasteiger partial charge in [-0.25, -0.2) is 0 Å². The van der Waals surface area contributed by atoms with E-state index in [1.165, 1.54) is 0 Å². The third-order valence-corrected chi connectivity index (χ3v) is 3.49. The summed E-state index contributed by atoms with van der Waals surface area (Å²) in [6.45, 7) is 5.48. The van der Waals surface area contributed by atoms with Crippen LogP contribution in [0.3, 0.4) is 0 Å². The van der Waals surface area contributed by atoms with Crippen molar-refractivity contribution < 1.29 is 9.90 Å². The van der Waals surface area contributed by atoms with Crippen molar-refractivity contribution in [2.24, 2.45) is 5.92 Å². The van der Waals surface area contributed by atoms with Crippen molar-refractivity contribution in [3.05, 3.63) is 71.5 Å². The number of carbonyl (C=O) groups excluding carboxylic acids is 1. The molecule has 1 N–H and O–H groups in total. The summed E-state index contributed by atoms with van der Waals surface area (Å²) in [6.07, 6.45) is 5.56. The highest BCUT2D eigenvalue weighted by atomic mass is 16.3. The maximum atomic E-state index is 12.3. The molecule has 1 unspecified atom stereocenters. The molecule has 0 heterocycles. The van der Waals surface area contributed by atoms with E-state index in [4.69, 9.17) is 0 Å². The largest absolute Gasteiger partial charge is 0.512 e. The van der Waals surface area contributed by atoms with E-state index in [1.54, 1.807) is 0 Å². The van der Waals surface area contributed by atoms with E-state index in [-0.39, 0.29) is 17.5 Å². The van der Waals surface area contributed by atoms with Gasteiger partial charge in [-0.3, -0.25) is 4.79 Å². The molecule has 0 fully saturated rings. The number of aliphatic hydroxyl groups excluding tert-OH is 1. The molecule has 0 bridgehead atoms. The van der Waals surface area contributed by atoms with Gasteiger partial charge >= 0.3 is 0 Å². The molecule has 0 saturated carbocycles. The van der Waals surface area contributed by atoms with E-state index < -0.39 is 0 Å². The Morgan fingerprint density at radius 1 is 1.32 bits per heavy atom. The summed E-state index contributed by atoms with van der Waals surface area (Å²) in [5.74, 6) is 0.0977. The van der Waals surface area contributed by atoms with Crippen molar-refractivity contribution in [3.8, 4) is 0 Å². The van der Waals surface area contributed by atoms with E-state index in [0.717, 1.165) is 18.4 Å². The molecule has 2 nitrogen and oxygen atoms in total. The smallest absolute Gasteiger partial charge is 0.192 e. The molecule has 2 rings (SSSR count). The highest BCUT2D eigenvalue weighted by molar-refractivity contribution is 6.10. The Labute approximate surface area is 113 Å². The minimum Gasteiger partial charge on any atom is -0.512 e. The molecule has 2 heteroatoms. The number of allylic oxidation sites excluding steroid dienone is 4. The van der Waals surface area contributed by atoms with Gasteiger partial charge in [0.05, 0.1) is 5.76 Å². The Balaban J connectivity index is 2.24. The fourth-order valence-electron chi connectivity index (χ4n) is 2.20. The topological polar surface area (TPSA) is 37.3 Å². The first-order valence-corrected chi connectivity index (χ1v) is 6.47. The van der Waals surface area contributed by atoms with Gasteiger partial charge in [-0.2, -0.15) is 0 Å². The van der Waals surface area contributed by atoms with Crippen LogP contribution in [0.1, 0.15) is 30.1 Å². The number of rotatable bonds is 4. The normalized spacial score (nSPS) is 16.3. The van der Waals surface area contributed by atoms with Crippen molar-refractivity contribution in [3.63, 3.8) is 0 Å². The van der Waals surface area contributed by atoms with E-state index >= 15 is 0 Å². The number of hydrogen-bond donors (Lipinski definition) is 1. The highest BCUT2D eigenvalue weighted by Gasteiger charge is 2.18. The number of aliphatic hydroxyl groups is 1. The Bertz CT molecular complexity index is 550. The fraction of sp³-hybridized carbons (Fsp3) is 0.235. The molecule has 1 atom stereocenters. The van der Waals surface area contributed by atoms with Gasteiger partial charge in [0.1, 0.15) is 0 Å². The Hall–Kier alpha value is -2.09. The lowest BCUT2D eigenvalue weighted by Crippen LogP contribution is -2.09. The maximum absolute atomic E-state index is 12.3. The van der Waals surface area contributed by atoms with Gasteiger partial charge in [0.25, 0.3) is 0 Å². The first-order chi connectivity index (χ1) is 9.09. The number of Topliss-reactive ketones (excluding diaryl/α,β-unsaturated/α-hetero) is 1. The van der Waals surface area contributed by atoms with E-state index in [2.05, 4.69) is 6.58 Å². The van der Waals surface area contributed by atoms with Crippen molar-refractivity contribution in [1.29, 1.82) is 0 Å². The van der Waals surface area contributed by atoms with E-state index in [0.29, 0.717) is 11.1 Å². The van der Waals surface area contributed by atoms with E-state index in [9.17, 15) is 9.90 Å². The molecule has 0 radical (unpaired) electrons. The van der Waals surface area contributed by atoms with Crippen LogP contribution >= 0.6 is 0 Å². The van der Waals surface area contributed by atoms with Gasteiger partial charge in [-0.1, -0.05) is 61.6 Å². The molecule has 1 aromatic rings. The van der Waals surface area contributed by atoms with Crippen LogP contribution in [0.25, 0.3) is 0 Å². The van der Waals surface area contributed by atoms with Crippen LogP contribution in [0.15, 0.2) is 66.0 Å². The SMILES string of the molecule is C=C(O)C(C)C1=CC(C(=O)c2ccccc2)=CCC1. The fourth-order valence-corrected chi connectivity index (χ4v) is 2.20. The lowest BCUT2D eigenvalue weighted by atomic mass is 9.87. The monoisotopic (exact) mass is 254 g/mol. The molecule has 0 saturated heterocycles. The number of benzene rings is 1. The second-order valence-electron chi connectivity index (χ2n) is 4.83. The van der Waals surface area contributed by atoms with Crippen LogP contribution in [-0.4, -0.2) is 10.9 Å². The molecule has 1 aliphatic rings. The van der Waals surface area contributed by atoms with Crippen LogP contribution in [0, 0.1) is 5.92 Å². The molecule has 0 amide bonds. The standard InChI is InChI=1S/C17H18O2/c1-12(13(2)18)15-9-6-10-16(11-15)17(19)14-7-4-3-5-8-14/h3-5,7-8,10-12,18H,2,6,9H2,1H3. The first-order valence-electron chi connectivity index (χ1n) is 6.47. The van der Waals surface area contributed by atoms with Gasteiger partial charge < -0.3 is 5.11 Å². The molecule has 19 heavy (non-hydrogen) atoms.